The second kappa shape index (κ2) is 5.82. The Labute approximate surface area is 139 Å². The second-order valence-corrected chi connectivity index (χ2v) is 6.56. The topological polar surface area (TPSA) is 78.8 Å². The number of nitriles is 1. The summed E-state index contributed by atoms with van der Waals surface area (Å²) in [6, 6.07) is 3.71. The zero-order valence-electron chi connectivity index (χ0n) is 12.6. The highest BCUT2D eigenvalue weighted by atomic mass is 35.5. The monoisotopic (exact) mass is 329 g/mol. The highest BCUT2D eigenvalue weighted by molar-refractivity contribution is 6.33. The second-order valence-electron chi connectivity index (χ2n) is 6.16. The molecule has 0 bridgehead atoms. The van der Waals surface area contributed by atoms with E-state index in [0.29, 0.717) is 22.4 Å². The molecule has 23 heavy (non-hydrogen) atoms. The van der Waals surface area contributed by atoms with E-state index >= 15 is 0 Å². The molecule has 0 radical (unpaired) electrons. The van der Waals surface area contributed by atoms with Crippen LogP contribution in [-0.4, -0.2) is 28.3 Å². The largest absolute Gasteiger partial charge is 0.425 e. The molecule has 1 aliphatic carbocycles. The normalized spacial score (nSPS) is 18.9. The summed E-state index contributed by atoms with van der Waals surface area (Å²) in [5.74, 6) is 3.12. The third kappa shape index (κ3) is 2.89. The van der Waals surface area contributed by atoms with Crippen LogP contribution in [0.4, 0.5) is 5.82 Å². The third-order valence-electron chi connectivity index (χ3n) is 4.48. The first kappa shape index (κ1) is 14.5. The van der Waals surface area contributed by atoms with Crippen molar-refractivity contribution in [2.75, 3.05) is 18.0 Å². The average molecular weight is 330 g/mol. The quantitative estimate of drug-likeness (QED) is 0.860. The van der Waals surface area contributed by atoms with Crippen LogP contribution in [0.2, 0.25) is 5.02 Å². The van der Waals surface area contributed by atoms with Gasteiger partial charge in [-0.05, 0) is 31.7 Å². The third-order valence-corrected chi connectivity index (χ3v) is 4.76. The number of rotatable bonds is 3. The average Bonchev–Trinajstić information content (AvgIpc) is 3.32. The maximum Gasteiger partial charge on any atom is 0.219 e. The number of halogens is 1. The molecular weight excluding hydrogens is 314 g/mol. The van der Waals surface area contributed by atoms with Gasteiger partial charge in [-0.25, -0.2) is 4.98 Å². The predicted molar refractivity (Wildman–Crippen MR) is 84.4 cm³/mol. The lowest BCUT2D eigenvalue weighted by molar-refractivity contribution is 0.375. The molecule has 0 unspecified atom stereocenters. The summed E-state index contributed by atoms with van der Waals surface area (Å²) in [4.78, 5) is 6.48. The fourth-order valence-corrected chi connectivity index (χ4v) is 3.26. The summed E-state index contributed by atoms with van der Waals surface area (Å²) in [6.07, 6.45) is 5.77. The van der Waals surface area contributed by atoms with E-state index in [1.165, 1.54) is 12.8 Å². The number of anilines is 1. The molecule has 2 aromatic rings. The van der Waals surface area contributed by atoms with Crippen LogP contribution in [0, 0.1) is 11.3 Å². The van der Waals surface area contributed by atoms with Crippen LogP contribution >= 0.6 is 11.6 Å². The lowest BCUT2D eigenvalue weighted by Crippen LogP contribution is -2.33. The van der Waals surface area contributed by atoms with Crippen LogP contribution in [0.25, 0.3) is 0 Å². The molecule has 0 amide bonds. The van der Waals surface area contributed by atoms with Crippen molar-refractivity contribution in [2.24, 2.45) is 0 Å². The van der Waals surface area contributed by atoms with Crippen LogP contribution in [0.5, 0.6) is 0 Å². The minimum absolute atomic E-state index is 0.309. The Bertz CT molecular complexity index is 756. The Morgan fingerprint density at radius 3 is 2.35 bits per heavy atom. The van der Waals surface area contributed by atoms with Gasteiger partial charge in [0.2, 0.25) is 11.8 Å². The molecule has 4 rings (SSSR count). The Balaban J connectivity index is 1.43. The molecule has 2 aliphatic rings. The molecule has 2 fully saturated rings. The number of piperidine rings is 1. The van der Waals surface area contributed by atoms with E-state index in [-0.39, 0.29) is 0 Å². The summed E-state index contributed by atoms with van der Waals surface area (Å²) in [5.41, 5.74) is 0.479. The van der Waals surface area contributed by atoms with Crippen molar-refractivity contribution in [2.45, 2.75) is 37.5 Å². The van der Waals surface area contributed by atoms with Crippen LogP contribution in [-0.2, 0) is 0 Å². The van der Waals surface area contributed by atoms with Crippen LogP contribution in [0.1, 0.15) is 54.9 Å². The van der Waals surface area contributed by atoms with Gasteiger partial charge in [-0.15, -0.1) is 10.2 Å². The fourth-order valence-electron chi connectivity index (χ4n) is 2.97. The molecular formula is C16H16ClN5O. The maximum absolute atomic E-state index is 8.88. The predicted octanol–water partition coefficient (Wildman–Crippen LogP) is 3.25. The number of pyridine rings is 1. The van der Waals surface area contributed by atoms with Gasteiger partial charge in [0.25, 0.3) is 0 Å². The van der Waals surface area contributed by atoms with Gasteiger partial charge in [-0.3, -0.25) is 0 Å². The molecule has 0 N–H and O–H groups in total. The highest BCUT2D eigenvalue weighted by Crippen LogP contribution is 2.40. The Kier molecular flexibility index (Phi) is 3.66. The van der Waals surface area contributed by atoms with E-state index < -0.39 is 0 Å². The van der Waals surface area contributed by atoms with Gasteiger partial charge in [0, 0.05) is 31.1 Å². The van der Waals surface area contributed by atoms with Crippen molar-refractivity contribution in [1.29, 1.82) is 5.26 Å². The van der Waals surface area contributed by atoms with E-state index in [1.807, 2.05) is 6.07 Å². The van der Waals surface area contributed by atoms with Crippen molar-refractivity contribution in [3.63, 3.8) is 0 Å². The molecule has 7 heteroatoms. The van der Waals surface area contributed by atoms with E-state index in [1.54, 1.807) is 12.3 Å². The number of hydrogen-bond acceptors (Lipinski definition) is 6. The first-order valence-electron chi connectivity index (χ1n) is 7.88. The molecule has 6 nitrogen and oxygen atoms in total. The van der Waals surface area contributed by atoms with Crippen molar-refractivity contribution in [3.05, 3.63) is 34.6 Å². The van der Waals surface area contributed by atoms with Crippen molar-refractivity contribution in [3.8, 4) is 6.07 Å². The molecule has 3 heterocycles. The minimum atomic E-state index is 0.309. The summed E-state index contributed by atoms with van der Waals surface area (Å²) < 4.78 is 5.82. The summed E-state index contributed by atoms with van der Waals surface area (Å²) in [6.45, 7) is 1.68. The minimum Gasteiger partial charge on any atom is -0.425 e. The molecule has 0 aromatic carbocycles. The number of hydrogen-bond donors (Lipinski definition) is 0. The zero-order valence-corrected chi connectivity index (χ0v) is 13.3. The first-order valence-corrected chi connectivity index (χ1v) is 8.26. The molecule has 0 atom stereocenters. The zero-order chi connectivity index (χ0) is 15.8. The fraction of sp³-hybridized carbons (Fsp3) is 0.500. The molecule has 0 spiro atoms. The molecule has 1 aliphatic heterocycles. The van der Waals surface area contributed by atoms with Gasteiger partial charge >= 0.3 is 0 Å². The van der Waals surface area contributed by atoms with Crippen LogP contribution < -0.4 is 4.90 Å². The number of nitrogens with zero attached hydrogens (tertiary/aromatic N) is 5. The van der Waals surface area contributed by atoms with Gasteiger partial charge in [-0.2, -0.15) is 5.26 Å². The molecule has 1 saturated carbocycles. The Hall–Kier alpha value is -2.13. The van der Waals surface area contributed by atoms with Crippen molar-refractivity contribution < 1.29 is 4.42 Å². The molecule has 118 valence electrons. The summed E-state index contributed by atoms with van der Waals surface area (Å²) in [5, 5.41) is 17.8. The lowest BCUT2D eigenvalue weighted by atomic mass is 9.97. The standard InChI is InChI=1S/C16H16ClN5O/c17-13-7-10(8-18)9-19-14(13)22-5-3-12(4-6-22)16-21-20-15(23-16)11-1-2-11/h7,9,11-12H,1-6H2. The van der Waals surface area contributed by atoms with E-state index in [2.05, 4.69) is 20.1 Å². The van der Waals surface area contributed by atoms with Crippen LogP contribution in [0.15, 0.2) is 16.7 Å². The van der Waals surface area contributed by atoms with Gasteiger partial charge < -0.3 is 9.32 Å². The van der Waals surface area contributed by atoms with Crippen molar-refractivity contribution >= 4 is 17.4 Å². The smallest absolute Gasteiger partial charge is 0.219 e. The first-order chi connectivity index (χ1) is 11.2. The lowest BCUT2D eigenvalue weighted by Gasteiger charge is -2.31. The maximum atomic E-state index is 8.88. The Morgan fingerprint density at radius 1 is 1.13 bits per heavy atom. The van der Waals surface area contributed by atoms with Gasteiger partial charge in [0.05, 0.1) is 10.6 Å². The summed E-state index contributed by atoms with van der Waals surface area (Å²) in [7, 11) is 0. The van der Waals surface area contributed by atoms with E-state index in [0.717, 1.165) is 43.5 Å². The van der Waals surface area contributed by atoms with Crippen LogP contribution in [0.3, 0.4) is 0 Å². The van der Waals surface area contributed by atoms with Crippen molar-refractivity contribution in [1.82, 2.24) is 15.2 Å². The summed E-state index contributed by atoms with van der Waals surface area (Å²) >= 11 is 6.24. The SMILES string of the molecule is N#Cc1cnc(N2CCC(c3nnc(C4CC4)o3)CC2)c(Cl)c1. The number of aromatic nitrogens is 3. The Morgan fingerprint density at radius 2 is 1.78 bits per heavy atom. The molecule has 2 aromatic heterocycles. The van der Waals surface area contributed by atoms with Gasteiger partial charge in [-0.1, -0.05) is 11.6 Å². The molecule has 1 saturated heterocycles. The highest BCUT2D eigenvalue weighted by Gasteiger charge is 2.32. The van der Waals surface area contributed by atoms with Gasteiger partial charge in [0.15, 0.2) is 0 Å². The van der Waals surface area contributed by atoms with E-state index in [4.69, 9.17) is 21.3 Å². The van der Waals surface area contributed by atoms with E-state index in [9.17, 15) is 0 Å². The van der Waals surface area contributed by atoms with Gasteiger partial charge in [0.1, 0.15) is 11.9 Å².